The van der Waals surface area contributed by atoms with E-state index in [0.29, 0.717) is 5.76 Å². The van der Waals surface area contributed by atoms with E-state index in [1.54, 1.807) is 0 Å². The van der Waals surface area contributed by atoms with Crippen molar-refractivity contribution in [3.05, 3.63) is 23.2 Å². The van der Waals surface area contributed by atoms with E-state index in [1.807, 2.05) is 19.9 Å². The van der Waals surface area contributed by atoms with Crippen molar-refractivity contribution in [1.29, 1.82) is 0 Å². The normalized spacial score (nSPS) is 24.3. The van der Waals surface area contributed by atoms with Crippen LogP contribution in [0.4, 0.5) is 0 Å². The second kappa shape index (κ2) is 7.52. The van der Waals surface area contributed by atoms with Crippen molar-refractivity contribution < 1.29 is 9.21 Å². The van der Waals surface area contributed by atoms with Crippen molar-refractivity contribution >= 4 is 5.91 Å². The molecular formula is C19H30N2O2. The SMILES string of the molecule is Cc1cc(C)c(C(=O)N[C@@H]2CCCN(C3CCCCCC3)C2)o1. The summed E-state index contributed by atoms with van der Waals surface area (Å²) in [6, 6.07) is 2.90. The molecule has 1 N–H and O–H groups in total. The van der Waals surface area contributed by atoms with Crippen LogP contribution in [0.25, 0.3) is 0 Å². The Balaban J connectivity index is 1.57. The summed E-state index contributed by atoms with van der Waals surface area (Å²) in [4.78, 5) is 15.1. The van der Waals surface area contributed by atoms with Gasteiger partial charge < -0.3 is 9.73 Å². The molecule has 128 valence electrons. The summed E-state index contributed by atoms with van der Waals surface area (Å²) in [5.41, 5.74) is 0.927. The Morgan fingerprint density at radius 2 is 1.87 bits per heavy atom. The zero-order valence-electron chi connectivity index (χ0n) is 14.6. The molecule has 4 nitrogen and oxygen atoms in total. The summed E-state index contributed by atoms with van der Waals surface area (Å²) >= 11 is 0. The Kier molecular flexibility index (Phi) is 5.42. The zero-order valence-corrected chi connectivity index (χ0v) is 14.6. The third-order valence-corrected chi connectivity index (χ3v) is 5.38. The van der Waals surface area contributed by atoms with Gasteiger partial charge in [0.2, 0.25) is 0 Å². The number of piperidine rings is 1. The summed E-state index contributed by atoms with van der Waals surface area (Å²) in [6.45, 7) is 6.01. The number of carbonyl (C=O) groups excluding carboxylic acids is 1. The predicted molar refractivity (Wildman–Crippen MR) is 91.7 cm³/mol. The number of aryl methyl sites for hydroxylation is 2. The first-order valence-corrected chi connectivity index (χ1v) is 9.25. The lowest BCUT2D eigenvalue weighted by Gasteiger charge is -2.38. The van der Waals surface area contributed by atoms with Gasteiger partial charge in [0.25, 0.3) is 5.91 Å². The fourth-order valence-electron chi connectivity index (χ4n) is 4.20. The number of hydrogen-bond donors (Lipinski definition) is 1. The van der Waals surface area contributed by atoms with Gasteiger partial charge in [0.1, 0.15) is 5.76 Å². The van der Waals surface area contributed by atoms with Crippen LogP contribution in [0.5, 0.6) is 0 Å². The molecule has 1 saturated heterocycles. The van der Waals surface area contributed by atoms with Crippen LogP contribution < -0.4 is 5.32 Å². The molecule has 1 atom stereocenters. The lowest BCUT2D eigenvalue weighted by atomic mass is 10.00. The molecule has 0 bridgehead atoms. The second-order valence-corrected chi connectivity index (χ2v) is 7.32. The predicted octanol–water partition coefficient (Wildman–Crippen LogP) is 3.81. The zero-order chi connectivity index (χ0) is 16.2. The average Bonchev–Trinajstić information content (AvgIpc) is 2.75. The molecule has 23 heavy (non-hydrogen) atoms. The Morgan fingerprint density at radius 1 is 1.13 bits per heavy atom. The van der Waals surface area contributed by atoms with Crippen molar-refractivity contribution in [2.75, 3.05) is 13.1 Å². The number of hydrogen-bond acceptors (Lipinski definition) is 3. The van der Waals surface area contributed by atoms with Crippen LogP contribution in [0.2, 0.25) is 0 Å². The van der Waals surface area contributed by atoms with Crippen LogP contribution in [0, 0.1) is 13.8 Å². The highest BCUT2D eigenvalue weighted by Crippen LogP contribution is 2.25. The van der Waals surface area contributed by atoms with Gasteiger partial charge in [-0.15, -0.1) is 0 Å². The van der Waals surface area contributed by atoms with Gasteiger partial charge in [0, 0.05) is 24.2 Å². The third-order valence-electron chi connectivity index (χ3n) is 5.38. The number of likely N-dealkylation sites (tertiary alicyclic amines) is 1. The molecule has 1 saturated carbocycles. The van der Waals surface area contributed by atoms with Crippen molar-refractivity contribution in [3.8, 4) is 0 Å². The molecule has 4 heteroatoms. The first-order valence-electron chi connectivity index (χ1n) is 9.25. The van der Waals surface area contributed by atoms with E-state index in [1.165, 1.54) is 51.5 Å². The largest absolute Gasteiger partial charge is 0.456 e. The molecule has 3 rings (SSSR count). The van der Waals surface area contributed by atoms with Gasteiger partial charge in [-0.1, -0.05) is 25.7 Å². The van der Waals surface area contributed by atoms with Crippen LogP contribution in [-0.4, -0.2) is 36.0 Å². The van der Waals surface area contributed by atoms with E-state index in [2.05, 4.69) is 10.2 Å². The lowest BCUT2D eigenvalue weighted by molar-refractivity contribution is 0.0833. The Hall–Kier alpha value is -1.29. The third kappa shape index (κ3) is 4.17. The Morgan fingerprint density at radius 3 is 2.52 bits per heavy atom. The summed E-state index contributed by atoms with van der Waals surface area (Å²) < 4.78 is 5.55. The van der Waals surface area contributed by atoms with E-state index in [4.69, 9.17) is 4.42 Å². The fourth-order valence-corrected chi connectivity index (χ4v) is 4.20. The molecule has 0 radical (unpaired) electrons. The van der Waals surface area contributed by atoms with Crippen LogP contribution in [-0.2, 0) is 0 Å². The van der Waals surface area contributed by atoms with Crippen LogP contribution in [0.15, 0.2) is 10.5 Å². The average molecular weight is 318 g/mol. The van der Waals surface area contributed by atoms with E-state index in [-0.39, 0.29) is 11.9 Å². The molecule has 0 aromatic carbocycles. The molecule has 2 heterocycles. The van der Waals surface area contributed by atoms with Crippen molar-refractivity contribution in [3.63, 3.8) is 0 Å². The quantitative estimate of drug-likeness (QED) is 0.862. The number of amides is 1. The minimum absolute atomic E-state index is 0.0525. The number of nitrogens with zero attached hydrogens (tertiary/aromatic N) is 1. The highest BCUT2D eigenvalue weighted by Gasteiger charge is 2.28. The van der Waals surface area contributed by atoms with Gasteiger partial charge >= 0.3 is 0 Å². The number of carbonyl (C=O) groups is 1. The number of nitrogens with one attached hydrogen (secondary N) is 1. The van der Waals surface area contributed by atoms with Crippen molar-refractivity contribution in [2.45, 2.75) is 77.3 Å². The van der Waals surface area contributed by atoms with Gasteiger partial charge in [-0.2, -0.15) is 0 Å². The minimum atomic E-state index is -0.0525. The Labute approximate surface area is 139 Å². The van der Waals surface area contributed by atoms with E-state index < -0.39 is 0 Å². The van der Waals surface area contributed by atoms with Crippen LogP contribution in [0.3, 0.4) is 0 Å². The molecule has 2 aliphatic rings. The van der Waals surface area contributed by atoms with Gasteiger partial charge in [0.15, 0.2) is 5.76 Å². The fraction of sp³-hybridized carbons (Fsp3) is 0.737. The van der Waals surface area contributed by atoms with Crippen LogP contribution >= 0.6 is 0 Å². The molecule has 1 aromatic rings. The molecule has 1 aliphatic carbocycles. The molecule has 0 spiro atoms. The molecule has 0 unspecified atom stereocenters. The maximum absolute atomic E-state index is 12.5. The molecule has 1 aromatic heterocycles. The van der Waals surface area contributed by atoms with E-state index in [0.717, 1.165) is 30.3 Å². The number of rotatable bonds is 3. The van der Waals surface area contributed by atoms with Gasteiger partial charge in [-0.25, -0.2) is 0 Å². The smallest absolute Gasteiger partial charge is 0.287 e. The summed E-state index contributed by atoms with van der Waals surface area (Å²) in [5.74, 6) is 1.23. The first kappa shape index (κ1) is 16.6. The summed E-state index contributed by atoms with van der Waals surface area (Å²) in [5, 5.41) is 3.20. The molecule has 2 fully saturated rings. The van der Waals surface area contributed by atoms with Crippen LogP contribution in [0.1, 0.15) is 73.2 Å². The van der Waals surface area contributed by atoms with Crippen molar-refractivity contribution in [2.24, 2.45) is 0 Å². The maximum Gasteiger partial charge on any atom is 0.287 e. The standard InChI is InChI=1S/C19H30N2O2/c1-14-12-15(2)23-18(14)19(22)20-16-8-7-11-21(13-16)17-9-5-3-4-6-10-17/h12,16-17H,3-11,13H2,1-2H3,(H,20,22)/t16-/m1/s1. The topological polar surface area (TPSA) is 45.5 Å². The lowest BCUT2D eigenvalue weighted by Crippen LogP contribution is -2.50. The second-order valence-electron chi connectivity index (χ2n) is 7.32. The summed E-state index contributed by atoms with van der Waals surface area (Å²) in [7, 11) is 0. The monoisotopic (exact) mass is 318 g/mol. The van der Waals surface area contributed by atoms with Crippen molar-refractivity contribution in [1.82, 2.24) is 10.2 Å². The maximum atomic E-state index is 12.5. The van der Waals surface area contributed by atoms with Gasteiger partial charge in [-0.05, 0) is 52.1 Å². The highest BCUT2D eigenvalue weighted by atomic mass is 16.3. The van der Waals surface area contributed by atoms with E-state index >= 15 is 0 Å². The Bertz CT molecular complexity index is 529. The first-order chi connectivity index (χ1) is 11.1. The van der Waals surface area contributed by atoms with Gasteiger partial charge in [-0.3, -0.25) is 9.69 Å². The minimum Gasteiger partial charge on any atom is -0.456 e. The van der Waals surface area contributed by atoms with Gasteiger partial charge in [0.05, 0.1) is 0 Å². The molecular weight excluding hydrogens is 288 g/mol. The molecule has 1 aliphatic heterocycles. The highest BCUT2D eigenvalue weighted by molar-refractivity contribution is 5.93. The number of furan rings is 1. The molecule has 1 amide bonds. The van der Waals surface area contributed by atoms with E-state index in [9.17, 15) is 4.79 Å². The summed E-state index contributed by atoms with van der Waals surface area (Å²) in [6.07, 6.45) is 10.4.